The first-order valence-corrected chi connectivity index (χ1v) is 6.16. The van der Waals surface area contributed by atoms with E-state index in [1.54, 1.807) is 0 Å². The lowest BCUT2D eigenvalue weighted by Gasteiger charge is -2.41. The van der Waals surface area contributed by atoms with Gasteiger partial charge in [0, 0.05) is 0 Å². The van der Waals surface area contributed by atoms with Crippen LogP contribution in [0.25, 0.3) is 10.8 Å². The summed E-state index contributed by atoms with van der Waals surface area (Å²) in [5.41, 5.74) is 6.53. The van der Waals surface area contributed by atoms with Gasteiger partial charge in [-0.1, -0.05) is 36.4 Å². The minimum absolute atomic E-state index is 0.263. The van der Waals surface area contributed by atoms with Gasteiger partial charge in [-0.15, -0.1) is 0 Å². The fourth-order valence-electron chi connectivity index (χ4n) is 2.56. The van der Waals surface area contributed by atoms with Gasteiger partial charge in [0.25, 0.3) is 0 Å². The zero-order chi connectivity index (χ0) is 11.9. The van der Waals surface area contributed by atoms with E-state index < -0.39 is 5.60 Å². The summed E-state index contributed by atoms with van der Waals surface area (Å²) in [5.74, 6) is 0. The van der Waals surface area contributed by atoms with E-state index in [1.807, 2.05) is 18.2 Å². The Kier molecular flexibility index (Phi) is 2.42. The van der Waals surface area contributed by atoms with Crippen LogP contribution in [0.15, 0.2) is 42.5 Å². The third-order valence-corrected chi connectivity index (χ3v) is 3.93. The first-order valence-electron chi connectivity index (χ1n) is 6.16. The molecule has 2 aromatic carbocycles. The summed E-state index contributed by atoms with van der Waals surface area (Å²) >= 11 is 0. The van der Waals surface area contributed by atoms with Crippen LogP contribution in [0.4, 0.5) is 0 Å². The smallest absolute Gasteiger partial charge is 0.0839 e. The normalized spacial score (nSPS) is 19.9. The van der Waals surface area contributed by atoms with Gasteiger partial charge in [0.2, 0.25) is 0 Å². The van der Waals surface area contributed by atoms with E-state index >= 15 is 0 Å². The van der Waals surface area contributed by atoms with Crippen molar-refractivity contribution < 1.29 is 5.11 Å². The van der Waals surface area contributed by atoms with Crippen molar-refractivity contribution in [3.63, 3.8) is 0 Å². The van der Waals surface area contributed by atoms with Crippen LogP contribution in [0.3, 0.4) is 0 Å². The Hall–Kier alpha value is -1.38. The molecule has 1 aliphatic carbocycles. The largest absolute Gasteiger partial charge is 0.388 e. The Morgan fingerprint density at radius 1 is 1.06 bits per heavy atom. The van der Waals surface area contributed by atoms with Gasteiger partial charge in [0.1, 0.15) is 0 Å². The van der Waals surface area contributed by atoms with E-state index in [-0.39, 0.29) is 6.04 Å². The first-order chi connectivity index (χ1) is 8.19. The van der Waals surface area contributed by atoms with Gasteiger partial charge in [-0.3, -0.25) is 0 Å². The molecule has 3 N–H and O–H groups in total. The van der Waals surface area contributed by atoms with E-state index in [0.29, 0.717) is 0 Å². The van der Waals surface area contributed by atoms with Crippen molar-refractivity contribution in [1.82, 2.24) is 0 Å². The second-order valence-corrected chi connectivity index (χ2v) is 5.04. The SMILES string of the molecule is NC(c1ccc2ccccc2c1)C1(O)CCC1. The molecule has 1 fully saturated rings. The van der Waals surface area contributed by atoms with E-state index in [0.717, 1.165) is 24.8 Å². The molecule has 3 rings (SSSR count). The molecule has 17 heavy (non-hydrogen) atoms. The number of hydrogen-bond donors (Lipinski definition) is 2. The van der Waals surface area contributed by atoms with Crippen molar-refractivity contribution in [2.24, 2.45) is 5.73 Å². The van der Waals surface area contributed by atoms with Crippen LogP contribution in [-0.2, 0) is 0 Å². The van der Waals surface area contributed by atoms with Gasteiger partial charge in [-0.05, 0) is 41.7 Å². The molecule has 0 spiro atoms. The molecule has 0 aliphatic heterocycles. The van der Waals surface area contributed by atoms with E-state index in [2.05, 4.69) is 24.3 Å². The van der Waals surface area contributed by atoms with E-state index in [1.165, 1.54) is 10.8 Å². The fourth-order valence-corrected chi connectivity index (χ4v) is 2.56. The Morgan fingerprint density at radius 3 is 2.41 bits per heavy atom. The maximum absolute atomic E-state index is 10.3. The molecule has 2 aromatic rings. The molecule has 1 atom stereocenters. The summed E-state index contributed by atoms with van der Waals surface area (Å²) in [4.78, 5) is 0. The second-order valence-electron chi connectivity index (χ2n) is 5.04. The molecule has 1 aliphatic rings. The summed E-state index contributed by atoms with van der Waals surface area (Å²) in [6.45, 7) is 0. The standard InChI is InChI=1S/C15H17NO/c16-14(15(17)8-3-9-15)13-7-6-11-4-1-2-5-12(11)10-13/h1-2,4-7,10,14,17H,3,8-9,16H2. The van der Waals surface area contributed by atoms with Crippen LogP contribution in [0.5, 0.6) is 0 Å². The highest BCUT2D eigenvalue weighted by Gasteiger charge is 2.40. The van der Waals surface area contributed by atoms with Crippen molar-refractivity contribution in [3.8, 4) is 0 Å². The average molecular weight is 227 g/mol. The van der Waals surface area contributed by atoms with Crippen molar-refractivity contribution in [2.75, 3.05) is 0 Å². The Morgan fingerprint density at radius 2 is 1.76 bits per heavy atom. The van der Waals surface area contributed by atoms with Crippen molar-refractivity contribution in [1.29, 1.82) is 0 Å². The van der Waals surface area contributed by atoms with Gasteiger partial charge in [0.15, 0.2) is 0 Å². The van der Waals surface area contributed by atoms with Crippen LogP contribution < -0.4 is 5.73 Å². The number of hydrogen-bond acceptors (Lipinski definition) is 2. The molecule has 0 heterocycles. The summed E-state index contributed by atoms with van der Waals surface area (Å²) < 4.78 is 0. The van der Waals surface area contributed by atoms with Gasteiger partial charge in [-0.25, -0.2) is 0 Å². The molecule has 0 radical (unpaired) electrons. The quantitative estimate of drug-likeness (QED) is 0.828. The topological polar surface area (TPSA) is 46.2 Å². The Bertz CT molecular complexity index is 545. The zero-order valence-electron chi connectivity index (χ0n) is 9.76. The molecule has 1 unspecified atom stereocenters. The molecule has 0 amide bonds. The maximum Gasteiger partial charge on any atom is 0.0839 e. The van der Waals surface area contributed by atoms with Gasteiger partial charge in [0.05, 0.1) is 11.6 Å². The molecule has 88 valence electrons. The Balaban J connectivity index is 2.00. The summed E-state index contributed by atoms with van der Waals surface area (Å²) in [6, 6.07) is 14.2. The van der Waals surface area contributed by atoms with Crippen molar-refractivity contribution in [3.05, 3.63) is 48.0 Å². The molecule has 1 saturated carbocycles. The lowest BCUT2D eigenvalue weighted by Crippen LogP contribution is -2.46. The number of nitrogens with two attached hydrogens (primary N) is 1. The third kappa shape index (κ3) is 1.74. The first kappa shape index (κ1) is 10.8. The van der Waals surface area contributed by atoms with Gasteiger partial charge >= 0.3 is 0 Å². The minimum Gasteiger partial charge on any atom is -0.388 e. The van der Waals surface area contributed by atoms with Crippen LogP contribution in [0.1, 0.15) is 30.9 Å². The number of aliphatic hydroxyl groups is 1. The Labute approximate surface area is 101 Å². The van der Waals surface area contributed by atoms with Crippen molar-refractivity contribution >= 4 is 10.8 Å². The van der Waals surface area contributed by atoms with Crippen LogP contribution in [0.2, 0.25) is 0 Å². The van der Waals surface area contributed by atoms with Gasteiger partial charge < -0.3 is 10.8 Å². The molecular formula is C15H17NO. The van der Waals surface area contributed by atoms with Crippen LogP contribution >= 0.6 is 0 Å². The lowest BCUT2D eigenvalue weighted by molar-refractivity contribution is -0.0559. The molecule has 0 bridgehead atoms. The predicted octanol–water partition coefficient (Wildman–Crippen LogP) is 2.75. The van der Waals surface area contributed by atoms with Gasteiger partial charge in [-0.2, -0.15) is 0 Å². The number of benzene rings is 2. The highest BCUT2D eigenvalue weighted by atomic mass is 16.3. The highest BCUT2D eigenvalue weighted by molar-refractivity contribution is 5.83. The molecule has 2 nitrogen and oxygen atoms in total. The molecule has 0 aromatic heterocycles. The summed E-state index contributed by atoms with van der Waals surface area (Å²) in [6.07, 6.45) is 2.72. The lowest BCUT2D eigenvalue weighted by atomic mass is 9.73. The molecular weight excluding hydrogens is 210 g/mol. The second kappa shape index (κ2) is 3.83. The number of fused-ring (bicyclic) bond motifs is 1. The van der Waals surface area contributed by atoms with Crippen LogP contribution in [-0.4, -0.2) is 10.7 Å². The average Bonchev–Trinajstić information content (AvgIpc) is 2.34. The summed E-state index contributed by atoms with van der Waals surface area (Å²) in [7, 11) is 0. The molecule has 0 saturated heterocycles. The minimum atomic E-state index is -0.678. The fraction of sp³-hybridized carbons (Fsp3) is 0.333. The monoisotopic (exact) mass is 227 g/mol. The van der Waals surface area contributed by atoms with E-state index in [4.69, 9.17) is 5.73 Å². The predicted molar refractivity (Wildman–Crippen MR) is 69.7 cm³/mol. The zero-order valence-corrected chi connectivity index (χ0v) is 9.76. The highest BCUT2D eigenvalue weighted by Crippen LogP contribution is 2.41. The third-order valence-electron chi connectivity index (χ3n) is 3.93. The maximum atomic E-state index is 10.3. The molecule has 2 heteroatoms. The van der Waals surface area contributed by atoms with E-state index in [9.17, 15) is 5.11 Å². The van der Waals surface area contributed by atoms with Crippen molar-refractivity contribution in [2.45, 2.75) is 30.9 Å². The number of rotatable bonds is 2. The summed E-state index contributed by atoms with van der Waals surface area (Å²) in [5, 5.41) is 12.7. The van der Waals surface area contributed by atoms with Crippen LogP contribution in [0, 0.1) is 0 Å².